The minimum atomic E-state index is -1.75. The second-order valence-electron chi connectivity index (χ2n) is 7.40. The molecule has 39 heavy (non-hydrogen) atoms. The van der Waals surface area contributed by atoms with Crippen LogP contribution in [-0.4, -0.2) is 45.1 Å². The van der Waals surface area contributed by atoms with E-state index in [-0.39, 0.29) is 17.1 Å². The quantitative estimate of drug-likeness (QED) is 0.162. The molecule has 0 aliphatic heterocycles. The molecule has 2 aromatic carbocycles. The number of benzene rings is 2. The van der Waals surface area contributed by atoms with Crippen LogP contribution in [0.4, 0.5) is 0 Å². The van der Waals surface area contributed by atoms with Crippen LogP contribution in [0.25, 0.3) is 22.5 Å². The first-order chi connectivity index (χ1) is 18.3. The fraction of sp³-hybridized carbons (Fsp3) is 0.0870. The average molecular weight is 581 g/mol. The van der Waals surface area contributed by atoms with E-state index in [4.69, 9.17) is 35.6 Å². The summed E-state index contributed by atoms with van der Waals surface area (Å²) in [7, 11) is 0. The van der Waals surface area contributed by atoms with Crippen molar-refractivity contribution in [3.8, 4) is 22.5 Å². The van der Waals surface area contributed by atoms with Crippen molar-refractivity contribution in [2.24, 2.45) is 0 Å². The Labute approximate surface area is 231 Å². The Balaban J connectivity index is 0.000000527. The fourth-order valence-corrected chi connectivity index (χ4v) is 3.27. The van der Waals surface area contributed by atoms with Gasteiger partial charge in [0.15, 0.2) is 0 Å². The SMILES string of the molecule is O=[N+]([O-])[O-].O=[N+]([O-])[O-].[Cu+2].c1ccc(-c2cn(Cc3cccc(Cn4cc(-c5ccccc5)nn4)n3)nn2)cc1. The first-order valence-electron chi connectivity index (χ1n) is 10.8. The summed E-state index contributed by atoms with van der Waals surface area (Å²) < 4.78 is 3.61. The van der Waals surface area contributed by atoms with Crippen LogP contribution in [-0.2, 0) is 30.2 Å². The summed E-state index contributed by atoms with van der Waals surface area (Å²) in [5.41, 5.74) is 5.63. The maximum Gasteiger partial charge on any atom is 2.00 e. The van der Waals surface area contributed by atoms with Gasteiger partial charge in [-0.15, -0.1) is 10.2 Å². The number of rotatable bonds is 6. The van der Waals surface area contributed by atoms with Crippen LogP contribution >= 0.6 is 0 Å². The standard InChI is InChI=1S/C23H19N7.Cu.2NO3/c1-3-8-18(9-4-1)22-16-29(27-25-22)14-20-12-7-13-21(24-20)15-30-17-23(26-28-30)19-10-5-2-6-11-19;;2*2-1(3)4/h1-13,16-17H,14-15H2;;;/q;+2;2*-1. The normalized spacial score (nSPS) is 9.64. The smallest absolute Gasteiger partial charge is 0.356 e. The Morgan fingerprint density at radius 2 is 0.949 bits per heavy atom. The van der Waals surface area contributed by atoms with Crippen molar-refractivity contribution in [2.75, 3.05) is 0 Å². The summed E-state index contributed by atoms with van der Waals surface area (Å²) in [6, 6.07) is 26.0. The summed E-state index contributed by atoms with van der Waals surface area (Å²) in [6.45, 7) is 1.11. The van der Waals surface area contributed by atoms with Gasteiger partial charge in [0.25, 0.3) is 0 Å². The third-order valence-corrected chi connectivity index (χ3v) is 4.73. The Kier molecular flexibility index (Phi) is 11.6. The molecule has 5 aromatic rings. The van der Waals surface area contributed by atoms with Gasteiger partial charge in [-0.05, 0) is 12.1 Å². The number of pyridine rings is 1. The van der Waals surface area contributed by atoms with Crippen LogP contribution < -0.4 is 0 Å². The molecule has 5 rings (SSSR count). The molecule has 0 atom stereocenters. The van der Waals surface area contributed by atoms with Crippen LogP contribution in [0.15, 0.2) is 91.3 Å². The van der Waals surface area contributed by atoms with Gasteiger partial charge in [0.1, 0.15) is 11.4 Å². The molecule has 15 nitrogen and oxygen atoms in total. The fourth-order valence-electron chi connectivity index (χ4n) is 3.27. The molecule has 16 heteroatoms. The van der Waals surface area contributed by atoms with Crippen molar-refractivity contribution in [3.63, 3.8) is 0 Å². The van der Waals surface area contributed by atoms with E-state index in [1.807, 2.05) is 91.3 Å². The van der Waals surface area contributed by atoms with Gasteiger partial charge in [-0.3, -0.25) is 4.98 Å². The molecule has 0 saturated heterocycles. The molecule has 203 valence electrons. The third kappa shape index (κ3) is 10.4. The zero-order valence-electron chi connectivity index (χ0n) is 19.9. The molecular formula is C23H19CuN9O6. The summed E-state index contributed by atoms with van der Waals surface area (Å²) in [6.07, 6.45) is 3.88. The van der Waals surface area contributed by atoms with Crippen LogP contribution in [0, 0.1) is 30.6 Å². The minimum absolute atomic E-state index is 0. The summed E-state index contributed by atoms with van der Waals surface area (Å²) in [4.78, 5) is 21.3. The van der Waals surface area contributed by atoms with Crippen LogP contribution in [0.1, 0.15) is 11.4 Å². The molecule has 0 fully saturated rings. The predicted molar refractivity (Wildman–Crippen MR) is 134 cm³/mol. The van der Waals surface area contributed by atoms with Crippen molar-refractivity contribution in [1.82, 2.24) is 35.0 Å². The van der Waals surface area contributed by atoms with E-state index in [9.17, 15) is 0 Å². The molecule has 0 aliphatic carbocycles. The minimum Gasteiger partial charge on any atom is -0.356 e. The van der Waals surface area contributed by atoms with E-state index < -0.39 is 10.2 Å². The van der Waals surface area contributed by atoms with E-state index in [0.29, 0.717) is 13.1 Å². The van der Waals surface area contributed by atoms with Crippen LogP contribution in [0.5, 0.6) is 0 Å². The topological polar surface area (TPSA) is 207 Å². The van der Waals surface area contributed by atoms with E-state index in [0.717, 1.165) is 33.9 Å². The van der Waals surface area contributed by atoms with Gasteiger partial charge in [0.2, 0.25) is 0 Å². The molecule has 0 spiro atoms. The van der Waals surface area contributed by atoms with Gasteiger partial charge in [-0.1, -0.05) is 77.2 Å². The zero-order chi connectivity index (χ0) is 27.3. The van der Waals surface area contributed by atoms with E-state index >= 15 is 0 Å². The zero-order valence-corrected chi connectivity index (χ0v) is 20.8. The molecule has 3 heterocycles. The van der Waals surface area contributed by atoms with Crippen molar-refractivity contribution < 1.29 is 27.2 Å². The van der Waals surface area contributed by atoms with Crippen molar-refractivity contribution in [2.45, 2.75) is 13.1 Å². The van der Waals surface area contributed by atoms with Gasteiger partial charge in [0, 0.05) is 11.1 Å². The average Bonchev–Trinajstić information content (AvgIpc) is 3.55. The molecule has 0 unspecified atom stereocenters. The van der Waals surface area contributed by atoms with Crippen molar-refractivity contribution in [3.05, 3.63) is 133 Å². The maximum absolute atomic E-state index is 8.25. The second-order valence-corrected chi connectivity index (χ2v) is 7.40. The van der Waals surface area contributed by atoms with E-state index in [1.54, 1.807) is 9.36 Å². The molecule has 0 saturated carbocycles. The number of nitrogens with zero attached hydrogens (tertiary/aromatic N) is 9. The van der Waals surface area contributed by atoms with Crippen molar-refractivity contribution in [1.29, 1.82) is 0 Å². The van der Waals surface area contributed by atoms with Gasteiger partial charge >= 0.3 is 17.1 Å². The Bertz CT molecular complexity index is 1350. The second kappa shape index (κ2) is 15.1. The monoisotopic (exact) mass is 580 g/mol. The number of hydrogen-bond donors (Lipinski definition) is 0. The van der Waals surface area contributed by atoms with Gasteiger partial charge in [-0.25, -0.2) is 9.36 Å². The van der Waals surface area contributed by atoms with Crippen LogP contribution in [0.3, 0.4) is 0 Å². The summed E-state index contributed by atoms with van der Waals surface area (Å²) >= 11 is 0. The third-order valence-electron chi connectivity index (χ3n) is 4.73. The number of hydrogen-bond acceptors (Lipinski definition) is 11. The first kappa shape index (κ1) is 30.0. The Morgan fingerprint density at radius 3 is 1.31 bits per heavy atom. The number of aromatic nitrogens is 7. The molecule has 0 bridgehead atoms. The molecule has 1 radical (unpaired) electrons. The summed E-state index contributed by atoms with van der Waals surface area (Å²) in [5.74, 6) is 0. The largest absolute Gasteiger partial charge is 2.00 e. The predicted octanol–water partition coefficient (Wildman–Crippen LogP) is 3.21. The Hall–Kier alpha value is -5.21. The molecule has 0 N–H and O–H groups in total. The molecule has 0 aliphatic rings. The molecular weight excluding hydrogens is 562 g/mol. The first-order valence-corrected chi connectivity index (χ1v) is 10.8. The van der Waals surface area contributed by atoms with E-state index in [2.05, 4.69) is 20.6 Å². The Morgan fingerprint density at radius 1 is 0.590 bits per heavy atom. The van der Waals surface area contributed by atoms with E-state index in [1.165, 1.54) is 0 Å². The molecule has 3 aromatic heterocycles. The van der Waals surface area contributed by atoms with Gasteiger partial charge in [0.05, 0.1) is 47.0 Å². The van der Waals surface area contributed by atoms with Crippen molar-refractivity contribution >= 4 is 0 Å². The maximum atomic E-state index is 8.25. The van der Waals surface area contributed by atoms with Gasteiger partial charge in [-0.2, -0.15) is 0 Å². The summed E-state index contributed by atoms with van der Waals surface area (Å²) in [5, 5.41) is 46.5. The van der Waals surface area contributed by atoms with Gasteiger partial charge < -0.3 is 30.6 Å². The van der Waals surface area contributed by atoms with Crippen LogP contribution in [0.2, 0.25) is 0 Å². The molecule has 0 amide bonds.